The number of hydrogen-bond donors (Lipinski definition) is 1. The SMILES string of the molecule is CCNCC1CCN(Cc2cc(C)ccc2F)CC1.Cl. The summed E-state index contributed by atoms with van der Waals surface area (Å²) in [5.41, 5.74) is 1.98. The highest BCUT2D eigenvalue weighted by Crippen LogP contribution is 2.20. The molecule has 1 aromatic carbocycles. The second-order valence-electron chi connectivity index (χ2n) is 5.62. The Hall–Kier alpha value is -0.640. The fraction of sp³-hybridized carbons (Fsp3) is 0.625. The van der Waals surface area contributed by atoms with Gasteiger partial charge in [-0.25, -0.2) is 4.39 Å². The van der Waals surface area contributed by atoms with Gasteiger partial charge in [0, 0.05) is 12.1 Å². The summed E-state index contributed by atoms with van der Waals surface area (Å²) in [6, 6.07) is 5.39. The topological polar surface area (TPSA) is 15.3 Å². The molecule has 0 atom stereocenters. The Labute approximate surface area is 128 Å². The maximum absolute atomic E-state index is 13.7. The monoisotopic (exact) mass is 300 g/mol. The third kappa shape index (κ3) is 5.04. The number of nitrogens with one attached hydrogen (secondary N) is 1. The molecule has 0 aliphatic carbocycles. The second-order valence-corrected chi connectivity index (χ2v) is 5.62. The van der Waals surface area contributed by atoms with E-state index in [1.807, 2.05) is 19.1 Å². The minimum absolute atomic E-state index is 0. The molecule has 0 bridgehead atoms. The normalized spacial score (nSPS) is 16.9. The summed E-state index contributed by atoms with van der Waals surface area (Å²) >= 11 is 0. The standard InChI is InChI=1S/C16H25FN2.ClH/c1-3-18-11-14-6-8-19(9-7-14)12-15-10-13(2)4-5-16(15)17;/h4-5,10,14,18H,3,6-9,11-12H2,1-2H3;1H. The zero-order valence-electron chi connectivity index (χ0n) is 12.5. The van der Waals surface area contributed by atoms with Gasteiger partial charge in [0.25, 0.3) is 0 Å². The van der Waals surface area contributed by atoms with E-state index < -0.39 is 0 Å². The molecule has 1 heterocycles. The molecule has 1 fully saturated rings. The van der Waals surface area contributed by atoms with E-state index in [2.05, 4.69) is 17.1 Å². The quantitative estimate of drug-likeness (QED) is 0.897. The molecular weight excluding hydrogens is 275 g/mol. The maximum atomic E-state index is 13.7. The Morgan fingerprint density at radius 1 is 1.30 bits per heavy atom. The Morgan fingerprint density at radius 3 is 2.65 bits per heavy atom. The highest BCUT2D eigenvalue weighted by Gasteiger charge is 2.19. The number of hydrogen-bond acceptors (Lipinski definition) is 2. The molecule has 0 spiro atoms. The number of halogens is 2. The first kappa shape index (κ1) is 17.4. The molecule has 0 radical (unpaired) electrons. The van der Waals surface area contributed by atoms with Crippen LogP contribution < -0.4 is 5.32 Å². The van der Waals surface area contributed by atoms with Crippen molar-refractivity contribution in [1.82, 2.24) is 10.2 Å². The molecule has 1 N–H and O–H groups in total. The van der Waals surface area contributed by atoms with E-state index in [-0.39, 0.29) is 18.2 Å². The highest BCUT2D eigenvalue weighted by molar-refractivity contribution is 5.85. The summed E-state index contributed by atoms with van der Waals surface area (Å²) < 4.78 is 13.7. The summed E-state index contributed by atoms with van der Waals surface area (Å²) in [6.45, 7) is 9.27. The van der Waals surface area contributed by atoms with Crippen molar-refractivity contribution in [1.29, 1.82) is 0 Å². The minimum Gasteiger partial charge on any atom is -0.317 e. The third-order valence-electron chi connectivity index (χ3n) is 3.99. The number of aryl methyl sites for hydroxylation is 1. The van der Waals surface area contributed by atoms with Gasteiger partial charge in [0.05, 0.1) is 0 Å². The van der Waals surface area contributed by atoms with E-state index in [9.17, 15) is 4.39 Å². The Kier molecular flexibility index (Phi) is 7.49. The zero-order valence-corrected chi connectivity index (χ0v) is 13.3. The molecule has 0 saturated carbocycles. The zero-order chi connectivity index (χ0) is 13.7. The first-order valence-corrected chi connectivity index (χ1v) is 7.37. The molecular formula is C16H26ClFN2. The Balaban J connectivity index is 0.00000200. The summed E-state index contributed by atoms with van der Waals surface area (Å²) in [7, 11) is 0. The molecule has 0 aromatic heterocycles. The highest BCUT2D eigenvalue weighted by atomic mass is 35.5. The van der Waals surface area contributed by atoms with Gasteiger partial charge in [-0.1, -0.05) is 24.6 Å². The first-order valence-electron chi connectivity index (χ1n) is 7.37. The van der Waals surface area contributed by atoms with Crippen LogP contribution in [0.5, 0.6) is 0 Å². The van der Waals surface area contributed by atoms with Crippen LogP contribution in [0.3, 0.4) is 0 Å². The molecule has 1 saturated heterocycles. The van der Waals surface area contributed by atoms with Crippen LogP contribution >= 0.6 is 12.4 Å². The number of rotatable bonds is 5. The number of nitrogens with zero attached hydrogens (tertiary/aromatic N) is 1. The largest absolute Gasteiger partial charge is 0.317 e. The van der Waals surface area contributed by atoms with Crippen LogP contribution in [0.15, 0.2) is 18.2 Å². The van der Waals surface area contributed by atoms with E-state index in [1.54, 1.807) is 6.07 Å². The van der Waals surface area contributed by atoms with Crippen molar-refractivity contribution >= 4 is 12.4 Å². The number of piperidine rings is 1. The lowest BCUT2D eigenvalue weighted by Crippen LogP contribution is -2.37. The maximum Gasteiger partial charge on any atom is 0.127 e. The lowest BCUT2D eigenvalue weighted by Gasteiger charge is -2.32. The van der Waals surface area contributed by atoms with Crippen molar-refractivity contribution in [2.24, 2.45) is 5.92 Å². The van der Waals surface area contributed by atoms with E-state index in [0.717, 1.165) is 49.8 Å². The van der Waals surface area contributed by atoms with Crippen molar-refractivity contribution < 1.29 is 4.39 Å². The molecule has 1 aliphatic rings. The predicted molar refractivity (Wildman–Crippen MR) is 84.9 cm³/mol. The first-order chi connectivity index (χ1) is 9.19. The molecule has 4 heteroatoms. The molecule has 2 rings (SSSR count). The molecule has 114 valence electrons. The van der Waals surface area contributed by atoms with E-state index >= 15 is 0 Å². The van der Waals surface area contributed by atoms with Gasteiger partial charge in [-0.2, -0.15) is 0 Å². The lowest BCUT2D eigenvalue weighted by atomic mass is 9.96. The van der Waals surface area contributed by atoms with E-state index in [1.165, 1.54) is 12.8 Å². The molecule has 1 aliphatic heterocycles. The van der Waals surface area contributed by atoms with Crippen molar-refractivity contribution in [3.8, 4) is 0 Å². The van der Waals surface area contributed by atoms with Crippen molar-refractivity contribution in [3.63, 3.8) is 0 Å². The molecule has 2 nitrogen and oxygen atoms in total. The van der Waals surface area contributed by atoms with Gasteiger partial charge in [-0.15, -0.1) is 12.4 Å². The Morgan fingerprint density at radius 2 is 2.00 bits per heavy atom. The van der Waals surface area contributed by atoms with Gasteiger partial charge in [0.2, 0.25) is 0 Å². The van der Waals surface area contributed by atoms with Gasteiger partial charge in [0.1, 0.15) is 5.82 Å². The van der Waals surface area contributed by atoms with Crippen molar-refractivity contribution in [2.45, 2.75) is 33.2 Å². The van der Waals surface area contributed by atoms with E-state index in [0.29, 0.717) is 0 Å². The minimum atomic E-state index is -0.0691. The van der Waals surface area contributed by atoms with Crippen LogP contribution in [0.1, 0.15) is 30.9 Å². The molecule has 1 aromatic rings. The van der Waals surface area contributed by atoms with Crippen LogP contribution in [0.4, 0.5) is 4.39 Å². The average Bonchev–Trinajstić information content (AvgIpc) is 2.42. The Bertz CT molecular complexity index is 403. The van der Waals surface area contributed by atoms with Crippen molar-refractivity contribution in [2.75, 3.05) is 26.2 Å². The van der Waals surface area contributed by atoms with Crippen LogP contribution in [0.2, 0.25) is 0 Å². The lowest BCUT2D eigenvalue weighted by molar-refractivity contribution is 0.174. The summed E-state index contributed by atoms with van der Waals surface area (Å²) in [5, 5.41) is 3.42. The van der Waals surface area contributed by atoms with Crippen LogP contribution in [-0.2, 0) is 6.54 Å². The fourth-order valence-electron chi connectivity index (χ4n) is 2.76. The van der Waals surface area contributed by atoms with Gasteiger partial charge in [0.15, 0.2) is 0 Å². The van der Waals surface area contributed by atoms with Gasteiger partial charge >= 0.3 is 0 Å². The third-order valence-corrected chi connectivity index (χ3v) is 3.99. The summed E-state index contributed by atoms with van der Waals surface area (Å²) in [4.78, 5) is 2.38. The average molecular weight is 301 g/mol. The van der Waals surface area contributed by atoms with E-state index in [4.69, 9.17) is 0 Å². The molecule has 0 unspecified atom stereocenters. The van der Waals surface area contributed by atoms with Crippen LogP contribution in [0.25, 0.3) is 0 Å². The van der Waals surface area contributed by atoms with Gasteiger partial charge in [-0.3, -0.25) is 4.90 Å². The van der Waals surface area contributed by atoms with Crippen molar-refractivity contribution in [3.05, 3.63) is 35.1 Å². The molecule has 0 amide bonds. The predicted octanol–water partition coefficient (Wildman–Crippen LogP) is 3.38. The second kappa shape index (κ2) is 8.60. The van der Waals surface area contributed by atoms with Crippen LogP contribution in [0, 0.1) is 18.7 Å². The van der Waals surface area contributed by atoms with Crippen LogP contribution in [-0.4, -0.2) is 31.1 Å². The van der Waals surface area contributed by atoms with Gasteiger partial charge in [-0.05, 0) is 57.9 Å². The fourth-order valence-corrected chi connectivity index (χ4v) is 2.76. The smallest absolute Gasteiger partial charge is 0.127 e. The number of benzene rings is 1. The summed E-state index contributed by atoms with van der Waals surface area (Å²) in [6.07, 6.45) is 2.45. The summed E-state index contributed by atoms with van der Waals surface area (Å²) in [5.74, 6) is 0.721. The van der Waals surface area contributed by atoms with Gasteiger partial charge < -0.3 is 5.32 Å². The number of likely N-dealkylation sites (tertiary alicyclic amines) is 1. The molecule has 20 heavy (non-hydrogen) atoms.